The summed E-state index contributed by atoms with van der Waals surface area (Å²) >= 11 is 0. The molecule has 2 heteroatoms. The molecule has 90 valence electrons. The summed E-state index contributed by atoms with van der Waals surface area (Å²) < 4.78 is 0. The van der Waals surface area contributed by atoms with Crippen molar-refractivity contribution in [1.82, 2.24) is 0 Å². The lowest BCUT2D eigenvalue weighted by molar-refractivity contribution is -0.119. The zero-order valence-electron chi connectivity index (χ0n) is 10.4. The number of carbonyl (C=O) groups is 1. The van der Waals surface area contributed by atoms with Crippen molar-refractivity contribution in [1.29, 1.82) is 0 Å². The summed E-state index contributed by atoms with van der Waals surface area (Å²) in [5.41, 5.74) is 2.68. The molecule has 1 unspecified atom stereocenters. The van der Waals surface area contributed by atoms with Gasteiger partial charge < -0.3 is 4.90 Å². The standard InChI is InChI=1S/C15H19NO/c1-11-6-7-12-4-2-3-5-14(12)16(11)10-15(17)13-8-9-13/h2-5,11,13H,6-10H2,1H3. The van der Waals surface area contributed by atoms with Crippen LogP contribution in [0.3, 0.4) is 0 Å². The van der Waals surface area contributed by atoms with E-state index >= 15 is 0 Å². The minimum atomic E-state index is 0.372. The molecular weight excluding hydrogens is 210 g/mol. The Morgan fingerprint density at radius 1 is 1.29 bits per heavy atom. The molecule has 1 aromatic carbocycles. The smallest absolute Gasteiger partial charge is 0.155 e. The maximum absolute atomic E-state index is 12.0. The number of rotatable bonds is 3. The summed E-state index contributed by atoms with van der Waals surface area (Å²) in [4.78, 5) is 14.3. The van der Waals surface area contributed by atoms with E-state index in [-0.39, 0.29) is 0 Å². The van der Waals surface area contributed by atoms with Crippen molar-refractivity contribution in [3.8, 4) is 0 Å². The molecule has 0 aromatic heterocycles. The number of nitrogens with zero attached hydrogens (tertiary/aromatic N) is 1. The van der Waals surface area contributed by atoms with E-state index in [1.54, 1.807) is 0 Å². The van der Waals surface area contributed by atoms with Crippen LogP contribution in [-0.2, 0) is 11.2 Å². The predicted octanol–water partition coefficient (Wildman–Crippen LogP) is 2.81. The Morgan fingerprint density at radius 3 is 2.82 bits per heavy atom. The summed E-state index contributed by atoms with van der Waals surface area (Å²) in [7, 11) is 0. The molecule has 1 saturated carbocycles. The van der Waals surface area contributed by atoms with Gasteiger partial charge in [0.1, 0.15) is 0 Å². The van der Waals surface area contributed by atoms with Crippen LogP contribution in [0.15, 0.2) is 24.3 Å². The maximum Gasteiger partial charge on any atom is 0.155 e. The molecular formula is C15H19NO. The molecule has 1 aliphatic heterocycles. The topological polar surface area (TPSA) is 20.3 Å². The van der Waals surface area contributed by atoms with Gasteiger partial charge in [0, 0.05) is 17.6 Å². The number of hydrogen-bond acceptors (Lipinski definition) is 2. The highest BCUT2D eigenvalue weighted by atomic mass is 16.1. The lowest BCUT2D eigenvalue weighted by atomic mass is 9.96. The van der Waals surface area contributed by atoms with Gasteiger partial charge >= 0.3 is 0 Å². The Kier molecular flexibility index (Phi) is 2.65. The minimum Gasteiger partial charge on any atom is -0.361 e. The first-order chi connectivity index (χ1) is 8.25. The highest BCUT2D eigenvalue weighted by Crippen LogP contribution is 2.34. The van der Waals surface area contributed by atoms with Crippen molar-refractivity contribution in [2.45, 2.75) is 38.6 Å². The summed E-state index contributed by atoms with van der Waals surface area (Å²) in [6, 6.07) is 9.01. The van der Waals surface area contributed by atoms with E-state index in [4.69, 9.17) is 0 Å². The van der Waals surface area contributed by atoms with E-state index in [1.807, 2.05) is 0 Å². The lowest BCUT2D eigenvalue weighted by Gasteiger charge is -2.36. The molecule has 0 saturated heterocycles. The molecule has 1 aliphatic carbocycles. The first-order valence-corrected chi connectivity index (χ1v) is 6.63. The predicted molar refractivity (Wildman–Crippen MR) is 69.3 cm³/mol. The van der Waals surface area contributed by atoms with Gasteiger partial charge in [-0.2, -0.15) is 0 Å². The molecule has 0 bridgehead atoms. The number of ketones is 1. The van der Waals surface area contributed by atoms with E-state index < -0.39 is 0 Å². The van der Waals surface area contributed by atoms with E-state index in [2.05, 4.69) is 36.1 Å². The second kappa shape index (κ2) is 4.17. The molecule has 1 aromatic rings. The number of benzene rings is 1. The van der Waals surface area contributed by atoms with Gasteiger partial charge in [0.25, 0.3) is 0 Å². The molecule has 0 N–H and O–H groups in total. The van der Waals surface area contributed by atoms with Gasteiger partial charge in [-0.25, -0.2) is 0 Å². The van der Waals surface area contributed by atoms with Crippen LogP contribution in [0.4, 0.5) is 5.69 Å². The number of Topliss-reactive ketones (excluding diaryl/α,β-unsaturated/α-hetero) is 1. The van der Waals surface area contributed by atoms with Crippen LogP contribution in [0.25, 0.3) is 0 Å². The van der Waals surface area contributed by atoms with E-state index in [0.717, 1.165) is 25.7 Å². The quantitative estimate of drug-likeness (QED) is 0.794. The van der Waals surface area contributed by atoms with Crippen LogP contribution in [0.2, 0.25) is 0 Å². The first-order valence-electron chi connectivity index (χ1n) is 6.63. The van der Waals surface area contributed by atoms with Gasteiger partial charge in [-0.3, -0.25) is 4.79 Å². The van der Waals surface area contributed by atoms with Crippen LogP contribution in [0.5, 0.6) is 0 Å². The second-order valence-electron chi connectivity index (χ2n) is 5.38. The molecule has 0 radical (unpaired) electrons. The monoisotopic (exact) mass is 229 g/mol. The molecule has 1 fully saturated rings. The van der Waals surface area contributed by atoms with Crippen molar-refractivity contribution >= 4 is 11.5 Å². The number of hydrogen-bond donors (Lipinski definition) is 0. The molecule has 2 nitrogen and oxygen atoms in total. The largest absolute Gasteiger partial charge is 0.361 e. The maximum atomic E-state index is 12.0. The average molecular weight is 229 g/mol. The number of para-hydroxylation sites is 1. The molecule has 2 aliphatic rings. The van der Waals surface area contributed by atoms with Crippen LogP contribution in [0, 0.1) is 5.92 Å². The number of fused-ring (bicyclic) bond motifs is 1. The van der Waals surface area contributed by atoms with E-state index in [9.17, 15) is 4.79 Å². The Labute approximate surface area is 103 Å². The van der Waals surface area contributed by atoms with Crippen LogP contribution in [-0.4, -0.2) is 18.4 Å². The average Bonchev–Trinajstić information content (AvgIpc) is 3.17. The van der Waals surface area contributed by atoms with Gasteiger partial charge in [0.15, 0.2) is 5.78 Å². The second-order valence-corrected chi connectivity index (χ2v) is 5.38. The first kappa shape index (κ1) is 10.8. The number of carbonyl (C=O) groups excluding carboxylic acids is 1. The summed E-state index contributed by atoms with van der Waals surface area (Å²) in [6.07, 6.45) is 4.53. The zero-order valence-corrected chi connectivity index (χ0v) is 10.4. The van der Waals surface area contributed by atoms with E-state index in [0.29, 0.717) is 24.3 Å². The molecule has 3 rings (SSSR count). The zero-order chi connectivity index (χ0) is 11.8. The minimum absolute atomic E-state index is 0.372. The van der Waals surface area contributed by atoms with Gasteiger partial charge in [0.2, 0.25) is 0 Å². The molecule has 1 heterocycles. The van der Waals surface area contributed by atoms with Crippen molar-refractivity contribution in [2.24, 2.45) is 5.92 Å². The highest BCUT2D eigenvalue weighted by molar-refractivity contribution is 5.88. The Bertz CT molecular complexity index is 436. The van der Waals surface area contributed by atoms with Crippen LogP contribution < -0.4 is 4.90 Å². The lowest BCUT2D eigenvalue weighted by Crippen LogP contribution is -2.41. The Hall–Kier alpha value is -1.31. The van der Waals surface area contributed by atoms with Gasteiger partial charge in [-0.05, 0) is 44.2 Å². The van der Waals surface area contributed by atoms with Crippen molar-refractivity contribution in [3.63, 3.8) is 0 Å². The fourth-order valence-electron chi connectivity index (χ4n) is 2.70. The molecule has 17 heavy (non-hydrogen) atoms. The fraction of sp³-hybridized carbons (Fsp3) is 0.533. The summed E-state index contributed by atoms with van der Waals surface area (Å²) in [5, 5.41) is 0. The van der Waals surface area contributed by atoms with Crippen molar-refractivity contribution < 1.29 is 4.79 Å². The molecule has 0 amide bonds. The van der Waals surface area contributed by atoms with Crippen molar-refractivity contribution in [3.05, 3.63) is 29.8 Å². The third-order valence-corrected chi connectivity index (χ3v) is 4.02. The molecule has 0 spiro atoms. The van der Waals surface area contributed by atoms with Gasteiger partial charge in [-0.15, -0.1) is 0 Å². The van der Waals surface area contributed by atoms with Crippen LogP contribution >= 0.6 is 0 Å². The van der Waals surface area contributed by atoms with Gasteiger partial charge in [0.05, 0.1) is 6.54 Å². The Morgan fingerprint density at radius 2 is 2.06 bits per heavy atom. The third-order valence-electron chi connectivity index (χ3n) is 4.02. The number of aryl methyl sites for hydroxylation is 1. The SMILES string of the molecule is CC1CCc2ccccc2N1CC(=O)C1CC1. The fourth-order valence-corrected chi connectivity index (χ4v) is 2.70. The summed E-state index contributed by atoms with van der Waals surface area (Å²) in [5.74, 6) is 0.810. The third kappa shape index (κ3) is 2.08. The highest BCUT2D eigenvalue weighted by Gasteiger charge is 2.32. The van der Waals surface area contributed by atoms with Crippen molar-refractivity contribution in [2.75, 3.05) is 11.4 Å². The normalized spacial score (nSPS) is 23.4. The van der Waals surface area contributed by atoms with Gasteiger partial charge in [-0.1, -0.05) is 18.2 Å². The number of anilines is 1. The Balaban J connectivity index is 1.84. The van der Waals surface area contributed by atoms with E-state index in [1.165, 1.54) is 11.3 Å². The molecule has 1 atom stereocenters. The van der Waals surface area contributed by atoms with Crippen LogP contribution in [0.1, 0.15) is 31.7 Å². The summed E-state index contributed by atoms with van der Waals surface area (Å²) in [6.45, 7) is 2.85.